The Balaban J connectivity index is 1.69. The second-order valence-electron chi connectivity index (χ2n) is 27.1. The topological polar surface area (TPSA) is 228 Å². The summed E-state index contributed by atoms with van der Waals surface area (Å²) in [5.74, 6) is -0.282. The first-order chi connectivity index (χ1) is 49.1. The summed E-state index contributed by atoms with van der Waals surface area (Å²) < 4.78 is 22.9. The van der Waals surface area contributed by atoms with E-state index in [0.717, 1.165) is 116 Å². The fourth-order valence-corrected chi connectivity index (χ4v) is 11.9. The number of rotatable bonds is 64. The van der Waals surface area contributed by atoms with Crippen molar-refractivity contribution in [3.63, 3.8) is 0 Å². The van der Waals surface area contributed by atoms with Crippen molar-refractivity contribution in [2.75, 3.05) is 19.8 Å². The van der Waals surface area contributed by atoms with Gasteiger partial charge in [-0.2, -0.15) is 0 Å². The summed E-state index contributed by atoms with van der Waals surface area (Å²) in [5, 5.41) is 87.6. The molecule has 2 heterocycles. The molecule has 0 aromatic heterocycles. The van der Waals surface area contributed by atoms with Crippen LogP contribution in [-0.4, -0.2) is 140 Å². The molecule has 0 saturated carbocycles. The van der Waals surface area contributed by atoms with Crippen LogP contribution in [-0.2, 0) is 23.7 Å². The highest BCUT2D eigenvalue weighted by Crippen LogP contribution is 2.30. The third-order valence-corrected chi connectivity index (χ3v) is 18.2. The lowest BCUT2D eigenvalue weighted by Gasteiger charge is -2.46. The van der Waals surface area contributed by atoms with Gasteiger partial charge in [-0.25, -0.2) is 0 Å². The van der Waals surface area contributed by atoms with Gasteiger partial charge in [0.15, 0.2) is 12.6 Å². The Kier molecular flexibility index (Phi) is 62.1. The third-order valence-electron chi connectivity index (χ3n) is 18.2. The zero-order valence-electron chi connectivity index (χ0n) is 62.4. The van der Waals surface area contributed by atoms with E-state index in [1.54, 1.807) is 6.08 Å². The zero-order chi connectivity index (χ0) is 72.2. The van der Waals surface area contributed by atoms with Crippen molar-refractivity contribution in [3.8, 4) is 0 Å². The van der Waals surface area contributed by atoms with Gasteiger partial charge >= 0.3 is 0 Å². The molecular formula is C86H143NO13. The normalized spacial score (nSPS) is 22.7. The molecule has 0 aromatic rings. The highest BCUT2D eigenvalue weighted by molar-refractivity contribution is 5.76. The van der Waals surface area contributed by atoms with Crippen LogP contribution in [0.25, 0.3) is 0 Å². The summed E-state index contributed by atoms with van der Waals surface area (Å²) in [7, 11) is 0. The van der Waals surface area contributed by atoms with Crippen LogP contribution in [0.2, 0.25) is 0 Å². The van der Waals surface area contributed by atoms with Crippen molar-refractivity contribution in [1.29, 1.82) is 0 Å². The van der Waals surface area contributed by atoms with Crippen molar-refractivity contribution < 1.29 is 64.6 Å². The van der Waals surface area contributed by atoms with Gasteiger partial charge in [0, 0.05) is 6.42 Å². The largest absolute Gasteiger partial charge is 0.394 e. The Morgan fingerprint density at radius 2 is 0.700 bits per heavy atom. The van der Waals surface area contributed by atoms with Crippen LogP contribution in [0.3, 0.4) is 0 Å². The molecule has 9 N–H and O–H groups in total. The van der Waals surface area contributed by atoms with E-state index in [2.05, 4.69) is 165 Å². The molecule has 0 spiro atoms. The number of hydrogen-bond donors (Lipinski definition) is 9. The highest BCUT2D eigenvalue weighted by Gasteiger charge is 2.51. The van der Waals surface area contributed by atoms with Crippen LogP contribution < -0.4 is 5.32 Å². The van der Waals surface area contributed by atoms with Gasteiger partial charge in [0.2, 0.25) is 5.91 Å². The minimum absolute atomic E-state index is 0.229. The van der Waals surface area contributed by atoms with E-state index < -0.39 is 86.8 Å². The number of amides is 1. The minimum Gasteiger partial charge on any atom is -0.394 e. The molecule has 2 rings (SSSR count). The molecule has 2 aliphatic heterocycles. The molecule has 2 aliphatic rings. The first kappa shape index (κ1) is 91.7. The van der Waals surface area contributed by atoms with Crippen LogP contribution >= 0.6 is 0 Å². The molecule has 12 unspecified atom stereocenters. The van der Waals surface area contributed by atoms with E-state index in [9.17, 15) is 45.6 Å². The summed E-state index contributed by atoms with van der Waals surface area (Å²) in [6, 6.07) is -0.967. The lowest BCUT2D eigenvalue weighted by molar-refractivity contribution is -0.359. The van der Waals surface area contributed by atoms with Crippen LogP contribution in [0.5, 0.6) is 0 Å². The summed E-state index contributed by atoms with van der Waals surface area (Å²) in [5.41, 5.74) is 0. The van der Waals surface area contributed by atoms with Gasteiger partial charge in [0.05, 0.1) is 32.0 Å². The second-order valence-corrected chi connectivity index (χ2v) is 27.1. The van der Waals surface area contributed by atoms with Crippen LogP contribution in [0.15, 0.2) is 158 Å². The molecule has 0 aromatic carbocycles. The summed E-state index contributed by atoms with van der Waals surface area (Å²) in [6.45, 7) is 2.66. The Morgan fingerprint density at radius 1 is 0.370 bits per heavy atom. The molecular weight excluding hydrogens is 1250 g/mol. The predicted octanol–water partition coefficient (Wildman–Crippen LogP) is 18.1. The number of aliphatic hydroxyl groups is 8. The van der Waals surface area contributed by atoms with Crippen LogP contribution in [0, 0.1) is 0 Å². The molecule has 2 fully saturated rings. The van der Waals surface area contributed by atoms with Crippen LogP contribution in [0.4, 0.5) is 0 Å². The average molecular weight is 1400 g/mol. The van der Waals surface area contributed by atoms with Crippen molar-refractivity contribution in [2.45, 2.75) is 357 Å². The zero-order valence-corrected chi connectivity index (χ0v) is 62.4. The van der Waals surface area contributed by atoms with Gasteiger partial charge in [0.1, 0.15) is 48.8 Å². The molecule has 0 aliphatic carbocycles. The molecule has 0 radical (unpaired) electrons. The van der Waals surface area contributed by atoms with Gasteiger partial charge < -0.3 is 65.1 Å². The van der Waals surface area contributed by atoms with Gasteiger partial charge in [0.25, 0.3) is 0 Å². The SMILES string of the molecule is CC/C=C\C/C=C\C/C=C\C/C=C\C/C=C\C/C=C\C/C=C\C/C=C\C/C=C\C/C=C\CCCCCCC(=O)NC(COC1OC(CO)C(OC2OC(CO)C(O)C(O)C2O)C(O)C1O)C(O)/C=C/CC/C=C/CC/C=C/CCCCCCCCCCCCCCCCCCCCCCC. The smallest absolute Gasteiger partial charge is 0.220 e. The maximum Gasteiger partial charge on any atom is 0.220 e. The lowest BCUT2D eigenvalue weighted by atomic mass is 9.97. The lowest BCUT2D eigenvalue weighted by Crippen LogP contribution is -2.65. The number of hydrogen-bond acceptors (Lipinski definition) is 13. The standard InChI is InChI=1S/C86H143NO13/c1-3-5-7-9-11-13-15-17-19-21-23-25-27-29-31-33-35-36-37-38-40-42-44-46-48-50-52-54-56-58-60-62-64-66-68-70-78(91)87-74(73-97-85-83(96)81(94)84(77(72-89)99-85)100-86-82(95)80(93)79(92)76(71-88)98-86)75(90)69-67-65-63-61-59-57-55-53-51-49-47-45-43-41-39-34-32-30-28-26-24-22-20-18-16-14-12-10-8-6-4-2/h5,7,11,13,17,19,23,25,29,31,35-36,38,40,44,46,50-53,56,58-59,61,67,69,74-77,79-86,88-90,92-96H,3-4,6,8-10,12,14-16,18,20-22,24,26-28,30,32-34,37,39,41-43,45,47-49,54-55,57,60,62-66,68,70-73H2,1-2H3,(H,87,91)/b7-5-,13-11-,19-17-,25-23-,31-29-,36-35-,40-38-,46-44-,52-50-,53-51+,58-56-,61-59+,69-67+. The Hall–Kier alpha value is -4.39. The molecule has 14 heteroatoms. The summed E-state index contributed by atoms with van der Waals surface area (Å²) >= 11 is 0. The van der Waals surface area contributed by atoms with Crippen molar-refractivity contribution in [1.82, 2.24) is 5.32 Å². The van der Waals surface area contributed by atoms with Crippen molar-refractivity contribution >= 4 is 5.91 Å². The van der Waals surface area contributed by atoms with E-state index in [0.29, 0.717) is 12.8 Å². The second kappa shape index (κ2) is 67.8. The summed E-state index contributed by atoms with van der Waals surface area (Å²) in [4.78, 5) is 13.4. The van der Waals surface area contributed by atoms with E-state index in [4.69, 9.17) is 18.9 Å². The number of ether oxygens (including phenoxy) is 4. The summed E-state index contributed by atoms with van der Waals surface area (Å²) in [6.07, 6.45) is 87.4. The van der Waals surface area contributed by atoms with Crippen LogP contribution in [0.1, 0.15) is 284 Å². The van der Waals surface area contributed by atoms with Gasteiger partial charge in [-0.1, -0.05) is 313 Å². The third kappa shape index (κ3) is 50.1. The minimum atomic E-state index is -1.81. The number of nitrogens with one attached hydrogen (secondary N) is 1. The Bertz CT molecular complexity index is 2290. The van der Waals surface area contributed by atoms with Gasteiger partial charge in [-0.05, 0) is 122 Å². The van der Waals surface area contributed by atoms with E-state index >= 15 is 0 Å². The average Bonchev–Trinajstić information content (AvgIpc) is 0.790. The number of allylic oxidation sites excluding steroid dienone is 25. The number of unbranched alkanes of at least 4 members (excludes halogenated alkanes) is 27. The quantitative estimate of drug-likeness (QED) is 0.0204. The number of carbonyl (C=O) groups is 1. The fourth-order valence-electron chi connectivity index (χ4n) is 11.9. The van der Waals surface area contributed by atoms with E-state index in [1.807, 2.05) is 6.08 Å². The maximum absolute atomic E-state index is 13.4. The molecule has 14 nitrogen and oxygen atoms in total. The predicted molar refractivity (Wildman–Crippen MR) is 414 cm³/mol. The first-order valence-electron chi connectivity index (χ1n) is 39.7. The van der Waals surface area contributed by atoms with Gasteiger partial charge in [-0.3, -0.25) is 4.79 Å². The molecule has 1 amide bonds. The molecule has 0 bridgehead atoms. The van der Waals surface area contributed by atoms with E-state index in [1.165, 1.54) is 135 Å². The Morgan fingerprint density at radius 3 is 1.10 bits per heavy atom. The number of aliphatic hydroxyl groups excluding tert-OH is 8. The molecule has 100 heavy (non-hydrogen) atoms. The maximum atomic E-state index is 13.4. The molecule has 12 atom stereocenters. The first-order valence-corrected chi connectivity index (χ1v) is 39.7. The van der Waals surface area contributed by atoms with Crippen molar-refractivity contribution in [3.05, 3.63) is 158 Å². The number of carbonyl (C=O) groups excluding carboxylic acids is 1. The molecule has 570 valence electrons. The molecule has 2 saturated heterocycles. The van der Waals surface area contributed by atoms with Gasteiger partial charge in [-0.15, -0.1) is 0 Å². The fraction of sp³-hybridized carbons (Fsp3) is 0.686. The van der Waals surface area contributed by atoms with E-state index in [-0.39, 0.29) is 18.9 Å². The Labute approximate surface area is 607 Å². The monoisotopic (exact) mass is 1400 g/mol. The van der Waals surface area contributed by atoms with Crippen molar-refractivity contribution in [2.24, 2.45) is 0 Å². The highest BCUT2D eigenvalue weighted by atomic mass is 16.7.